The number of benzene rings is 1. The molecule has 17 heavy (non-hydrogen) atoms. The summed E-state index contributed by atoms with van der Waals surface area (Å²) >= 11 is 6.22. The average Bonchev–Trinajstić information content (AvgIpc) is 2.50. The van der Waals surface area contributed by atoms with E-state index in [0.717, 1.165) is 24.2 Å². The van der Waals surface area contributed by atoms with Gasteiger partial charge in [-0.25, -0.2) is 0 Å². The molecule has 1 atom stereocenters. The van der Waals surface area contributed by atoms with Gasteiger partial charge in [-0.2, -0.15) is 0 Å². The Labute approximate surface area is 107 Å². The molecule has 4 heteroatoms. The minimum Gasteiger partial charge on any atom is -0.492 e. The van der Waals surface area contributed by atoms with Crippen molar-refractivity contribution in [2.24, 2.45) is 5.73 Å². The Balaban J connectivity index is 2.60. The molecule has 1 aromatic carbocycles. The van der Waals surface area contributed by atoms with Crippen molar-refractivity contribution in [2.75, 3.05) is 27.2 Å². The molecule has 94 valence electrons. The number of nitrogens with two attached hydrogens (primary N) is 1. The van der Waals surface area contributed by atoms with Crippen LogP contribution < -0.4 is 10.5 Å². The maximum Gasteiger partial charge on any atom is 0.142 e. The Kier molecular flexibility index (Phi) is 3.61. The van der Waals surface area contributed by atoms with Crippen LogP contribution in [0.4, 0.5) is 0 Å². The molecule has 1 aromatic rings. The molecular formula is C13H19ClN2O. The molecule has 0 aromatic heterocycles. The predicted molar refractivity (Wildman–Crippen MR) is 70.6 cm³/mol. The predicted octanol–water partition coefficient (Wildman–Crippen LogP) is 2.23. The van der Waals surface area contributed by atoms with Crippen LogP contribution in [0.25, 0.3) is 0 Å². The second-order valence-electron chi connectivity index (χ2n) is 4.70. The van der Waals surface area contributed by atoms with Crippen LogP contribution in [-0.2, 0) is 5.54 Å². The minimum absolute atomic E-state index is 0.170. The van der Waals surface area contributed by atoms with E-state index in [1.807, 2.05) is 12.1 Å². The van der Waals surface area contributed by atoms with Crippen LogP contribution in [-0.4, -0.2) is 32.1 Å². The van der Waals surface area contributed by atoms with Crippen molar-refractivity contribution < 1.29 is 4.74 Å². The quantitative estimate of drug-likeness (QED) is 0.880. The zero-order chi connectivity index (χ0) is 12.5. The molecule has 0 fully saturated rings. The SMILES string of the molecule is CN(C)C1(CN)CCCOc2c(Cl)cccc21. The van der Waals surface area contributed by atoms with Gasteiger partial charge in [-0.05, 0) is 33.0 Å². The summed E-state index contributed by atoms with van der Waals surface area (Å²) in [5.41, 5.74) is 6.97. The maximum absolute atomic E-state index is 6.22. The molecule has 3 nitrogen and oxygen atoms in total. The third-order valence-electron chi connectivity index (χ3n) is 3.64. The number of hydrogen-bond donors (Lipinski definition) is 1. The van der Waals surface area contributed by atoms with E-state index in [1.165, 1.54) is 0 Å². The molecule has 0 saturated carbocycles. The van der Waals surface area contributed by atoms with Crippen molar-refractivity contribution in [1.29, 1.82) is 0 Å². The minimum atomic E-state index is -0.170. The van der Waals surface area contributed by atoms with E-state index in [4.69, 9.17) is 22.1 Å². The zero-order valence-corrected chi connectivity index (χ0v) is 11.1. The molecule has 1 heterocycles. The molecule has 0 radical (unpaired) electrons. The molecule has 2 N–H and O–H groups in total. The van der Waals surface area contributed by atoms with Crippen LogP contribution in [0.3, 0.4) is 0 Å². The second kappa shape index (κ2) is 4.84. The number of fused-ring (bicyclic) bond motifs is 1. The Bertz CT molecular complexity index is 408. The first-order chi connectivity index (χ1) is 8.12. The Morgan fingerprint density at radius 3 is 2.88 bits per heavy atom. The lowest BCUT2D eigenvalue weighted by Crippen LogP contribution is -2.47. The molecule has 1 aliphatic rings. The van der Waals surface area contributed by atoms with Crippen LogP contribution in [0.15, 0.2) is 18.2 Å². The monoisotopic (exact) mass is 254 g/mol. The summed E-state index contributed by atoms with van der Waals surface area (Å²) < 4.78 is 5.77. The lowest BCUT2D eigenvalue weighted by atomic mass is 9.84. The highest BCUT2D eigenvalue weighted by molar-refractivity contribution is 6.32. The summed E-state index contributed by atoms with van der Waals surface area (Å²) in [6.07, 6.45) is 1.98. The summed E-state index contributed by atoms with van der Waals surface area (Å²) in [6, 6.07) is 5.89. The van der Waals surface area contributed by atoms with Gasteiger partial charge in [-0.3, -0.25) is 4.90 Å². The second-order valence-corrected chi connectivity index (χ2v) is 5.11. The van der Waals surface area contributed by atoms with Crippen molar-refractivity contribution >= 4 is 11.6 Å². The van der Waals surface area contributed by atoms with E-state index in [0.29, 0.717) is 18.2 Å². The van der Waals surface area contributed by atoms with Gasteiger partial charge in [-0.15, -0.1) is 0 Å². The molecule has 1 unspecified atom stereocenters. The van der Waals surface area contributed by atoms with Crippen LogP contribution in [0.2, 0.25) is 5.02 Å². The molecule has 0 amide bonds. The van der Waals surface area contributed by atoms with Gasteiger partial charge in [0.2, 0.25) is 0 Å². The highest BCUT2D eigenvalue weighted by atomic mass is 35.5. The van der Waals surface area contributed by atoms with Gasteiger partial charge in [0.25, 0.3) is 0 Å². The molecule has 0 spiro atoms. The van der Waals surface area contributed by atoms with Gasteiger partial charge in [0.1, 0.15) is 5.75 Å². The van der Waals surface area contributed by atoms with Crippen molar-refractivity contribution in [3.63, 3.8) is 0 Å². The zero-order valence-electron chi connectivity index (χ0n) is 10.4. The summed E-state index contributed by atoms with van der Waals surface area (Å²) in [6.45, 7) is 1.27. The van der Waals surface area contributed by atoms with E-state index in [2.05, 4.69) is 25.1 Å². The van der Waals surface area contributed by atoms with Gasteiger partial charge < -0.3 is 10.5 Å². The smallest absolute Gasteiger partial charge is 0.142 e. The van der Waals surface area contributed by atoms with Gasteiger partial charge in [-0.1, -0.05) is 23.7 Å². The Morgan fingerprint density at radius 1 is 1.47 bits per heavy atom. The van der Waals surface area contributed by atoms with Crippen LogP contribution >= 0.6 is 11.6 Å². The number of halogens is 1. The topological polar surface area (TPSA) is 38.5 Å². The van der Waals surface area contributed by atoms with Gasteiger partial charge in [0.05, 0.1) is 17.2 Å². The molecule has 2 rings (SSSR count). The number of ether oxygens (including phenoxy) is 1. The lowest BCUT2D eigenvalue weighted by Gasteiger charge is -2.39. The van der Waals surface area contributed by atoms with Gasteiger partial charge in [0, 0.05) is 12.1 Å². The number of para-hydroxylation sites is 1. The fourth-order valence-electron chi connectivity index (χ4n) is 2.55. The molecule has 0 bridgehead atoms. The Morgan fingerprint density at radius 2 is 2.24 bits per heavy atom. The first kappa shape index (κ1) is 12.7. The third-order valence-corrected chi connectivity index (χ3v) is 3.94. The normalized spacial score (nSPS) is 24.1. The van der Waals surface area contributed by atoms with E-state index in [9.17, 15) is 0 Å². The van der Waals surface area contributed by atoms with Crippen molar-refractivity contribution in [3.8, 4) is 5.75 Å². The van der Waals surface area contributed by atoms with Crippen LogP contribution in [0.1, 0.15) is 18.4 Å². The highest BCUT2D eigenvalue weighted by Gasteiger charge is 2.37. The van der Waals surface area contributed by atoms with E-state index in [-0.39, 0.29) is 5.54 Å². The largest absolute Gasteiger partial charge is 0.492 e. The van der Waals surface area contributed by atoms with Crippen LogP contribution in [0, 0.1) is 0 Å². The summed E-state index contributed by atoms with van der Waals surface area (Å²) in [5.74, 6) is 0.797. The van der Waals surface area contributed by atoms with Crippen molar-refractivity contribution in [2.45, 2.75) is 18.4 Å². The molecular weight excluding hydrogens is 236 g/mol. The Hall–Kier alpha value is -0.770. The average molecular weight is 255 g/mol. The highest BCUT2D eigenvalue weighted by Crippen LogP contribution is 2.42. The number of hydrogen-bond acceptors (Lipinski definition) is 3. The molecule has 1 aliphatic heterocycles. The van der Waals surface area contributed by atoms with E-state index >= 15 is 0 Å². The number of nitrogens with zero attached hydrogens (tertiary/aromatic N) is 1. The van der Waals surface area contributed by atoms with Crippen molar-refractivity contribution in [1.82, 2.24) is 4.90 Å². The van der Waals surface area contributed by atoms with E-state index in [1.54, 1.807) is 0 Å². The van der Waals surface area contributed by atoms with Gasteiger partial charge in [0.15, 0.2) is 0 Å². The lowest BCUT2D eigenvalue weighted by molar-refractivity contribution is 0.147. The number of likely N-dealkylation sites (N-methyl/N-ethyl adjacent to an activating group) is 1. The number of rotatable bonds is 2. The first-order valence-corrected chi connectivity index (χ1v) is 6.29. The van der Waals surface area contributed by atoms with Gasteiger partial charge >= 0.3 is 0 Å². The maximum atomic E-state index is 6.22. The molecule has 0 aliphatic carbocycles. The fraction of sp³-hybridized carbons (Fsp3) is 0.538. The van der Waals surface area contributed by atoms with E-state index < -0.39 is 0 Å². The summed E-state index contributed by atoms with van der Waals surface area (Å²) in [5, 5.41) is 0.670. The first-order valence-electron chi connectivity index (χ1n) is 5.91. The molecule has 0 saturated heterocycles. The summed E-state index contributed by atoms with van der Waals surface area (Å²) in [4.78, 5) is 2.18. The third kappa shape index (κ3) is 2.03. The summed E-state index contributed by atoms with van der Waals surface area (Å²) in [7, 11) is 4.12. The fourth-order valence-corrected chi connectivity index (χ4v) is 2.78. The van der Waals surface area contributed by atoms with Crippen molar-refractivity contribution in [3.05, 3.63) is 28.8 Å². The standard InChI is InChI=1S/C13H19ClN2O/c1-16(2)13(9-15)7-4-8-17-12-10(13)5-3-6-11(12)14/h3,5-6H,4,7-9,15H2,1-2H3. The van der Waals surface area contributed by atoms with Crippen LogP contribution in [0.5, 0.6) is 5.75 Å².